The van der Waals surface area contributed by atoms with Crippen LogP contribution < -0.4 is 0 Å². The van der Waals surface area contributed by atoms with Crippen molar-refractivity contribution in [2.45, 2.75) is 50.1 Å². The lowest BCUT2D eigenvalue weighted by molar-refractivity contribution is -0.173. The minimum absolute atomic E-state index is 0.171. The molecule has 7 nitrogen and oxygen atoms in total. The van der Waals surface area contributed by atoms with Crippen LogP contribution in [0.15, 0.2) is 47.9 Å². The molecular weight excluding hydrogens is 362 g/mol. The van der Waals surface area contributed by atoms with Crippen LogP contribution in [0, 0.1) is 0 Å². The van der Waals surface area contributed by atoms with E-state index in [0.29, 0.717) is 23.6 Å². The molecular formula is C21H23NO6. The molecule has 28 heavy (non-hydrogen) atoms. The second-order valence-electron chi connectivity index (χ2n) is 7.91. The van der Waals surface area contributed by atoms with Gasteiger partial charge in [-0.15, -0.1) is 0 Å². The van der Waals surface area contributed by atoms with Crippen LogP contribution in [0.25, 0.3) is 5.57 Å². The minimum atomic E-state index is -0.909. The lowest BCUT2D eigenvalue weighted by Crippen LogP contribution is -2.70. The topological polar surface area (TPSA) is 77.5 Å². The van der Waals surface area contributed by atoms with E-state index < -0.39 is 30.1 Å². The number of methoxy groups -OCH3 is 1. The number of β-lactam (4-membered cyclic amide) rings is 1. The second-order valence-corrected chi connectivity index (χ2v) is 7.91. The summed E-state index contributed by atoms with van der Waals surface area (Å²) in [5, 5.41) is 11.1. The molecule has 0 saturated carbocycles. The predicted molar refractivity (Wildman–Crippen MR) is 98.7 cm³/mol. The molecule has 1 aromatic carbocycles. The third-order valence-corrected chi connectivity index (χ3v) is 5.76. The van der Waals surface area contributed by atoms with E-state index in [2.05, 4.69) is 0 Å². The Morgan fingerprint density at radius 2 is 2.00 bits per heavy atom. The SMILES string of the molecule is CO[C@@H]1C(=O)N2C3=C[C@@H]([C@@H]4COC(C)(C)O4)OC3=C(c3ccccc3)[C@@H](O)[C@H]12. The van der Waals surface area contributed by atoms with Gasteiger partial charge in [0.15, 0.2) is 11.9 Å². The molecule has 5 rings (SSSR count). The summed E-state index contributed by atoms with van der Waals surface area (Å²) in [6, 6.07) is 9.12. The molecule has 0 bridgehead atoms. The van der Waals surface area contributed by atoms with Crippen molar-refractivity contribution in [2.24, 2.45) is 0 Å². The summed E-state index contributed by atoms with van der Waals surface area (Å²) in [7, 11) is 1.49. The summed E-state index contributed by atoms with van der Waals surface area (Å²) in [5.41, 5.74) is 2.20. The minimum Gasteiger partial charge on any atom is -0.481 e. The summed E-state index contributed by atoms with van der Waals surface area (Å²) < 4.78 is 23.2. The number of nitrogens with zero attached hydrogens (tertiary/aromatic N) is 1. The maximum atomic E-state index is 12.6. The van der Waals surface area contributed by atoms with E-state index >= 15 is 0 Å². The average Bonchev–Trinajstić information content (AvgIpc) is 3.24. The molecule has 148 valence electrons. The number of carbonyl (C=O) groups is 1. The van der Waals surface area contributed by atoms with Crippen molar-refractivity contribution in [3.8, 4) is 0 Å². The average molecular weight is 385 g/mol. The summed E-state index contributed by atoms with van der Waals surface area (Å²) in [6.45, 7) is 4.12. The molecule has 4 aliphatic heterocycles. The van der Waals surface area contributed by atoms with Gasteiger partial charge in [-0.3, -0.25) is 9.69 Å². The summed E-state index contributed by atoms with van der Waals surface area (Å²) in [5.74, 6) is -0.320. The zero-order valence-electron chi connectivity index (χ0n) is 16.0. The summed E-state index contributed by atoms with van der Waals surface area (Å²) >= 11 is 0. The Balaban J connectivity index is 1.58. The van der Waals surface area contributed by atoms with Crippen LogP contribution in [-0.4, -0.2) is 65.9 Å². The van der Waals surface area contributed by atoms with Crippen molar-refractivity contribution in [2.75, 3.05) is 13.7 Å². The number of hydrogen-bond acceptors (Lipinski definition) is 6. The van der Waals surface area contributed by atoms with Crippen molar-refractivity contribution in [3.63, 3.8) is 0 Å². The van der Waals surface area contributed by atoms with Gasteiger partial charge < -0.3 is 24.1 Å². The van der Waals surface area contributed by atoms with E-state index in [-0.39, 0.29) is 12.0 Å². The Morgan fingerprint density at radius 3 is 2.64 bits per heavy atom. The van der Waals surface area contributed by atoms with Gasteiger partial charge in [0, 0.05) is 12.7 Å². The molecule has 0 spiro atoms. The van der Waals surface area contributed by atoms with Crippen molar-refractivity contribution in [1.82, 2.24) is 4.90 Å². The highest BCUT2D eigenvalue weighted by Crippen LogP contribution is 2.48. The molecule has 0 aliphatic carbocycles. The van der Waals surface area contributed by atoms with Crippen molar-refractivity contribution >= 4 is 11.5 Å². The molecule has 4 aliphatic rings. The molecule has 1 aromatic rings. The Labute approximate surface area is 163 Å². The van der Waals surface area contributed by atoms with Gasteiger partial charge >= 0.3 is 0 Å². The van der Waals surface area contributed by atoms with Crippen molar-refractivity contribution in [1.29, 1.82) is 0 Å². The van der Waals surface area contributed by atoms with Crippen LogP contribution in [0.1, 0.15) is 19.4 Å². The lowest BCUT2D eigenvalue weighted by atomic mass is 9.80. The number of hydrogen-bond donors (Lipinski definition) is 1. The molecule has 0 aromatic heterocycles. The first kappa shape index (κ1) is 17.9. The number of aliphatic hydroxyl groups excluding tert-OH is 1. The van der Waals surface area contributed by atoms with Crippen LogP contribution in [0.4, 0.5) is 0 Å². The lowest BCUT2D eigenvalue weighted by Gasteiger charge is -2.51. The molecule has 7 heteroatoms. The molecule has 1 amide bonds. The second kappa shape index (κ2) is 6.15. The third kappa shape index (κ3) is 2.47. The Bertz CT molecular complexity index is 876. The fraction of sp³-hybridized carbons (Fsp3) is 0.476. The fourth-order valence-electron chi connectivity index (χ4n) is 4.45. The monoisotopic (exact) mass is 385 g/mol. The first-order chi connectivity index (χ1) is 13.4. The maximum Gasteiger partial charge on any atom is 0.258 e. The van der Waals surface area contributed by atoms with E-state index in [1.165, 1.54) is 7.11 Å². The van der Waals surface area contributed by atoms with E-state index in [1.807, 2.05) is 50.3 Å². The van der Waals surface area contributed by atoms with Gasteiger partial charge in [-0.1, -0.05) is 30.3 Å². The van der Waals surface area contributed by atoms with Gasteiger partial charge in [-0.05, 0) is 25.5 Å². The molecule has 0 unspecified atom stereocenters. The van der Waals surface area contributed by atoms with E-state index in [1.54, 1.807) is 4.90 Å². The normalized spacial score (nSPS) is 35.9. The van der Waals surface area contributed by atoms with Crippen LogP contribution >= 0.6 is 0 Å². The van der Waals surface area contributed by atoms with Gasteiger partial charge in [0.1, 0.15) is 30.1 Å². The zero-order chi connectivity index (χ0) is 19.6. The van der Waals surface area contributed by atoms with Crippen LogP contribution in [-0.2, 0) is 23.7 Å². The number of carbonyl (C=O) groups excluding carboxylic acids is 1. The van der Waals surface area contributed by atoms with Gasteiger partial charge in [0.25, 0.3) is 5.91 Å². The Morgan fingerprint density at radius 1 is 1.25 bits per heavy atom. The van der Waals surface area contributed by atoms with E-state index in [0.717, 1.165) is 5.56 Å². The van der Waals surface area contributed by atoms with Crippen LogP contribution in [0.2, 0.25) is 0 Å². The van der Waals surface area contributed by atoms with E-state index in [4.69, 9.17) is 18.9 Å². The molecule has 2 saturated heterocycles. The van der Waals surface area contributed by atoms with Gasteiger partial charge in [-0.25, -0.2) is 0 Å². The van der Waals surface area contributed by atoms with Gasteiger partial charge in [0.05, 0.1) is 12.3 Å². The predicted octanol–water partition coefficient (Wildman–Crippen LogP) is 1.43. The number of benzene rings is 1. The largest absolute Gasteiger partial charge is 0.481 e. The third-order valence-electron chi connectivity index (χ3n) is 5.76. The highest BCUT2D eigenvalue weighted by Gasteiger charge is 2.59. The maximum absolute atomic E-state index is 12.6. The molecule has 1 N–H and O–H groups in total. The first-order valence-electron chi connectivity index (χ1n) is 9.45. The number of aliphatic hydroxyl groups is 1. The number of amides is 1. The first-order valence-corrected chi connectivity index (χ1v) is 9.45. The molecule has 5 atom stereocenters. The van der Waals surface area contributed by atoms with E-state index in [9.17, 15) is 9.90 Å². The highest BCUT2D eigenvalue weighted by atomic mass is 16.7. The Hall–Kier alpha value is -2.19. The smallest absolute Gasteiger partial charge is 0.258 e. The van der Waals surface area contributed by atoms with Crippen molar-refractivity contribution in [3.05, 3.63) is 53.4 Å². The number of ether oxygens (including phenoxy) is 4. The Kier molecular flexibility index (Phi) is 3.93. The zero-order valence-corrected chi connectivity index (χ0v) is 16.0. The molecule has 4 heterocycles. The van der Waals surface area contributed by atoms with Gasteiger partial charge in [-0.2, -0.15) is 0 Å². The molecule has 0 radical (unpaired) electrons. The highest BCUT2D eigenvalue weighted by molar-refractivity contribution is 5.95. The number of rotatable bonds is 3. The number of fused-ring (bicyclic) bond motifs is 3. The van der Waals surface area contributed by atoms with Crippen LogP contribution in [0.3, 0.4) is 0 Å². The van der Waals surface area contributed by atoms with Crippen molar-refractivity contribution < 1.29 is 28.8 Å². The van der Waals surface area contributed by atoms with Crippen LogP contribution in [0.5, 0.6) is 0 Å². The quantitative estimate of drug-likeness (QED) is 0.794. The summed E-state index contributed by atoms with van der Waals surface area (Å²) in [6.07, 6.45) is -0.363. The fourth-order valence-corrected chi connectivity index (χ4v) is 4.45. The summed E-state index contributed by atoms with van der Waals surface area (Å²) in [4.78, 5) is 14.2. The molecule has 2 fully saturated rings. The van der Waals surface area contributed by atoms with Gasteiger partial charge in [0.2, 0.25) is 0 Å². The standard InChI is InChI=1S/C21H23NO6/c1-21(2)26-10-14(28-21)13-9-12-18(27-13)15(11-7-5-4-6-8-11)17(23)16-19(25-3)20(24)22(12)16/h4-9,13-14,16-17,19,23H,10H2,1-3H3/t13-,14-,16+,17+,19-/m0/s1.